The largest absolute Gasteiger partial charge is 0.488 e. The molecule has 0 aromatic heterocycles. The molecular weight excluding hydrogens is 370 g/mol. The van der Waals surface area contributed by atoms with Crippen molar-refractivity contribution in [1.82, 2.24) is 5.32 Å². The molecule has 3 aromatic carbocycles. The summed E-state index contributed by atoms with van der Waals surface area (Å²) in [7, 11) is 0. The van der Waals surface area contributed by atoms with Crippen molar-refractivity contribution < 1.29 is 9.53 Å². The number of amides is 1. The predicted molar refractivity (Wildman–Crippen MR) is 114 cm³/mol. The van der Waals surface area contributed by atoms with Gasteiger partial charge >= 0.3 is 0 Å². The van der Waals surface area contributed by atoms with Gasteiger partial charge in [-0.1, -0.05) is 72.3 Å². The third-order valence-corrected chi connectivity index (χ3v) is 4.60. The van der Waals surface area contributed by atoms with Crippen molar-refractivity contribution in [3.8, 4) is 5.75 Å². The highest BCUT2D eigenvalue weighted by molar-refractivity contribution is 6.31. The Labute approximate surface area is 171 Å². The van der Waals surface area contributed by atoms with Crippen LogP contribution in [-0.4, -0.2) is 11.4 Å². The quantitative estimate of drug-likeness (QED) is 0.561. The van der Waals surface area contributed by atoms with Crippen LogP contribution in [-0.2, 0) is 13.0 Å². The number of benzene rings is 3. The van der Waals surface area contributed by atoms with Gasteiger partial charge in [-0.05, 0) is 49.6 Å². The summed E-state index contributed by atoms with van der Waals surface area (Å²) >= 11 is 6.14. The molecule has 0 radical (unpaired) electrons. The van der Waals surface area contributed by atoms with Crippen LogP contribution >= 0.6 is 11.6 Å². The second-order valence-corrected chi connectivity index (χ2v) is 7.85. The van der Waals surface area contributed by atoms with Crippen LogP contribution in [0.4, 0.5) is 0 Å². The molecule has 3 aromatic rings. The first-order chi connectivity index (χ1) is 13.4. The second kappa shape index (κ2) is 8.94. The third-order valence-electron chi connectivity index (χ3n) is 4.36. The molecule has 0 fully saturated rings. The van der Waals surface area contributed by atoms with Gasteiger partial charge in [0.1, 0.15) is 12.4 Å². The lowest BCUT2D eigenvalue weighted by Crippen LogP contribution is -2.45. The molecule has 0 spiro atoms. The lowest BCUT2D eigenvalue weighted by Gasteiger charge is -2.27. The standard InChI is InChI=1S/C24H24ClNO2/c1-24(2,16-18-9-5-3-6-10-18)26-23(27)21-15-20(25)13-14-22(21)28-17-19-11-7-4-8-12-19/h3-15H,16-17H2,1-2H3,(H,26,27). The van der Waals surface area contributed by atoms with Crippen molar-refractivity contribution in [1.29, 1.82) is 0 Å². The topological polar surface area (TPSA) is 38.3 Å². The van der Waals surface area contributed by atoms with Crippen molar-refractivity contribution >= 4 is 17.5 Å². The maximum Gasteiger partial charge on any atom is 0.255 e. The number of carbonyl (C=O) groups is 1. The minimum Gasteiger partial charge on any atom is -0.488 e. The van der Waals surface area contributed by atoms with Gasteiger partial charge in [-0.15, -0.1) is 0 Å². The second-order valence-electron chi connectivity index (χ2n) is 7.42. The van der Waals surface area contributed by atoms with E-state index in [9.17, 15) is 4.79 Å². The Hall–Kier alpha value is -2.78. The van der Waals surface area contributed by atoms with Crippen LogP contribution in [0.25, 0.3) is 0 Å². The summed E-state index contributed by atoms with van der Waals surface area (Å²) in [4.78, 5) is 13.0. The summed E-state index contributed by atoms with van der Waals surface area (Å²) in [5.74, 6) is 0.313. The zero-order chi connectivity index (χ0) is 20.0. The van der Waals surface area contributed by atoms with Crippen molar-refractivity contribution in [2.24, 2.45) is 0 Å². The molecule has 0 aliphatic carbocycles. The van der Waals surface area contributed by atoms with Gasteiger partial charge < -0.3 is 10.1 Å². The molecular formula is C24H24ClNO2. The Morgan fingerprint density at radius 1 is 0.929 bits per heavy atom. The molecule has 0 saturated carbocycles. The van der Waals surface area contributed by atoms with Crippen LogP contribution in [0.15, 0.2) is 78.9 Å². The minimum atomic E-state index is -0.419. The van der Waals surface area contributed by atoms with E-state index in [1.165, 1.54) is 5.56 Å². The molecule has 1 N–H and O–H groups in total. The van der Waals surface area contributed by atoms with Gasteiger partial charge in [-0.2, -0.15) is 0 Å². The molecule has 1 amide bonds. The molecule has 0 unspecified atom stereocenters. The van der Waals surface area contributed by atoms with E-state index in [0.29, 0.717) is 22.9 Å². The summed E-state index contributed by atoms with van der Waals surface area (Å²) in [6, 6.07) is 25.1. The normalized spacial score (nSPS) is 11.1. The van der Waals surface area contributed by atoms with E-state index >= 15 is 0 Å². The van der Waals surface area contributed by atoms with Gasteiger partial charge in [-0.3, -0.25) is 4.79 Å². The zero-order valence-electron chi connectivity index (χ0n) is 16.1. The smallest absolute Gasteiger partial charge is 0.255 e. The highest BCUT2D eigenvalue weighted by Gasteiger charge is 2.24. The zero-order valence-corrected chi connectivity index (χ0v) is 16.9. The van der Waals surface area contributed by atoms with Crippen LogP contribution in [0.3, 0.4) is 0 Å². The minimum absolute atomic E-state index is 0.202. The first kappa shape index (κ1) is 20.0. The molecule has 0 atom stereocenters. The maximum absolute atomic E-state index is 13.0. The molecule has 3 rings (SSSR count). The number of rotatable bonds is 7. The van der Waals surface area contributed by atoms with Crippen molar-refractivity contribution in [3.63, 3.8) is 0 Å². The summed E-state index contributed by atoms with van der Waals surface area (Å²) in [5, 5.41) is 3.61. The average Bonchev–Trinajstić information content (AvgIpc) is 2.68. The van der Waals surface area contributed by atoms with Crippen molar-refractivity contribution in [2.75, 3.05) is 0 Å². The fourth-order valence-electron chi connectivity index (χ4n) is 3.07. The fraction of sp³-hybridized carbons (Fsp3) is 0.208. The average molecular weight is 394 g/mol. The van der Waals surface area contributed by atoms with E-state index in [0.717, 1.165) is 12.0 Å². The van der Waals surface area contributed by atoms with Gasteiger partial charge in [0.05, 0.1) is 5.56 Å². The maximum atomic E-state index is 13.0. The Morgan fingerprint density at radius 2 is 1.54 bits per heavy atom. The molecule has 0 aliphatic rings. The van der Waals surface area contributed by atoms with Crippen molar-refractivity contribution in [2.45, 2.75) is 32.4 Å². The van der Waals surface area contributed by atoms with Crippen LogP contribution in [0.5, 0.6) is 5.75 Å². The van der Waals surface area contributed by atoms with Gasteiger partial charge in [0.15, 0.2) is 0 Å². The lowest BCUT2D eigenvalue weighted by molar-refractivity contribution is 0.0908. The molecule has 4 heteroatoms. The van der Waals surface area contributed by atoms with E-state index in [1.54, 1.807) is 18.2 Å². The first-order valence-electron chi connectivity index (χ1n) is 9.26. The molecule has 0 aliphatic heterocycles. The summed E-state index contributed by atoms with van der Waals surface area (Å²) in [6.07, 6.45) is 0.723. The van der Waals surface area contributed by atoms with E-state index < -0.39 is 5.54 Å². The van der Waals surface area contributed by atoms with Gasteiger partial charge in [0.25, 0.3) is 5.91 Å². The molecule has 0 bridgehead atoms. The number of carbonyl (C=O) groups excluding carboxylic acids is 1. The Balaban J connectivity index is 1.74. The number of hydrogen-bond donors (Lipinski definition) is 1. The third kappa shape index (κ3) is 5.61. The summed E-state index contributed by atoms with van der Waals surface area (Å²) < 4.78 is 5.91. The Morgan fingerprint density at radius 3 is 2.18 bits per heavy atom. The molecule has 28 heavy (non-hydrogen) atoms. The van der Waals surface area contributed by atoms with Crippen LogP contribution in [0.2, 0.25) is 5.02 Å². The summed E-state index contributed by atoms with van der Waals surface area (Å²) in [6.45, 7) is 4.40. The highest BCUT2D eigenvalue weighted by Crippen LogP contribution is 2.25. The predicted octanol–water partition coefficient (Wildman–Crippen LogP) is 5.67. The molecule has 0 heterocycles. The number of ether oxygens (including phenoxy) is 1. The number of nitrogens with one attached hydrogen (secondary N) is 1. The first-order valence-corrected chi connectivity index (χ1v) is 9.63. The fourth-order valence-corrected chi connectivity index (χ4v) is 3.24. The number of hydrogen-bond acceptors (Lipinski definition) is 2. The van der Waals surface area contributed by atoms with Crippen LogP contribution in [0.1, 0.15) is 35.3 Å². The Kier molecular flexibility index (Phi) is 6.37. The summed E-state index contributed by atoms with van der Waals surface area (Å²) in [5.41, 5.74) is 2.22. The lowest BCUT2D eigenvalue weighted by atomic mass is 9.94. The van der Waals surface area contributed by atoms with E-state index in [2.05, 4.69) is 17.4 Å². The van der Waals surface area contributed by atoms with Gasteiger partial charge in [0.2, 0.25) is 0 Å². The van der Waals surface area contributed by atoms with E-state index in [4.69, 9.17) is 16.3 Å². The van der Waals surface area contributed by atoms with Crippen LogP contribution in [0, 0.1) is 0 Å². The Bertz CT molecular complexity index is 924. The van der Waals surface area contributed by atoms with Gasteiger partial charge in [0, 0.05) is 10.6 Å². The molecule has 144 valence electrons. The molecule has 3 nitrogen and oxygen atoms in total. The van der Waals surface area contributed by atoms with E-state index in [1.807, 2.05) is 62.4 Å². The SMILES string of the molecule is CC(C)(Cc1ccccc1)NC(=O)c1cc(Cl)ccc1OCc1ccccc1. The number of halogens is 1. The highest BCUT2D eigenvalue weighted by atomic mass is 35.5. The van der Waals surface area contributed by atoms with Crippen molar-refractivity contribution in [3.05, 3.63) is 101 Å². The van der Waals surface area contributed by atoms with Crippen LogP contribution < -0.4 is 10.1 Å². The molecule has 0 saturated heterocycles. The van der Waals surface area contributed by atoms with E-state index in [-0.39, 0.29) is 5.91 Å². The van der Waals surface area contributed by atoms with Gasteiger partial charge in [-0.25, -0.2) is 0 Å². The monoisotopic (exact) mass is 393 g/mol.